The van der Waals surface area contributed by atoms with E-state index in [0.29, 0.717) is 29.6 Å². The SMILES string of the molecule is CC(C)C1=C(C(=O)N2CCC[C@H]2C(=O)N2CCNC3(CC3)C2)SC2[NH2+][C@@H](c3ccc(Cl)nc3)[C@@H](c3ccc(Cl)c(F)c3)N12. The zero-order valence-electron chi connectivity index (χ0n) is 24.2. The summed E-state index contributed by atoms with van der Waals surface area (Å²) in [6, 6.07) is 7.85. The number of benzene rings is 1. The molecule has 1 aromatic heterocycles. The van der Waals surface area contributed by atoms with Crippen molar-refractivity contribution in [3.05, 3.63) is 74.3 Å². The Morgan fingerprint density at radius 2 is 1.95 bits per heavy atom. The minimum Gasteiger partial charge on any atom is -0.338 e. The van der Waals surface area contributed by atoms with E-state index in [1.807, 2.05) is 21.9 Å². The van der Waals surface area contributed by atoms with Gasteiger partial charge in [0, 0.05) is 49.2 Å². The van der Waals surface area contributed by atoms with Crippen molar-refractivity contribution in [1.82, 2.24) is 25.0 Å². The molecule has 12 heteroatoms. The fraction of sp³-hybridized carbons (Fsp3) is 0.516. The number of nitrogens with two attached hydrogens (primary N) is 1. The van der Waals surface area contributed by atoms with Gasteiger partial charge in [-0.3, -0.25) is 9.59 Å². The highest BCUT2D eigenvalue weighted by Gasteiger charge is 2.55. The van der Waals surface area contributed by atoms with Crippen LogP contribution in [0.5, 0.6) is 0 Å². The Labute approximate surface area is 265 Å². The van der Waals surface area contributed by atoms with Crippen LogP contribution in [-0.2, 0) is 9.59 Å². The van der Waals surface area contributed by atoms with Crippen LogP contribution in [0.3, 0.4) is 0 Å². The van der Waals surface area contributed by atoms with Gasteiger partial charge in [-0.25, -0.2) is 9.37 Å². The number of nitrogens with one attached hydrogen (secondary N) is 1. The number of thioether (sulfide) groups is 1. The number of carbonyl (C=O) groups is 2. The largest absolute Gasteiger partial charge is 0.338 e. The fourth-order valence-electron chi connectivity index (χ4n) is 7.29. The average Bonchev–Trinajstić information content (AvgIpc) is 3.33. The number of allylic oxidation sites excluding steroid dienone is 1. The maximum atomic E-state index is 14.8. The number of rotatable bonds is 5. The minimum atomic E-state index is -0.479. The van der Waals surface area contributed by atoms with Crippen molar-refractivity contribution >= 4 is 46.8 Å². The van der Waals surface area contributed by atoms with Crippen LogP contribution < -0.4 is 10.6 Å². The molecular formula is C31H36Cl2FN6O2S+. The predicted octanol–water partition coefficient (Wildman–Crippen LogP) is 4.04. The number of halogens is 3. The molecule has 4 fully saturated rings. The lowest BCUT2D eigenvalue weighted by atomic mass is 9.93. The lowest BCUT2D eigenvalue weighted by molar-refractivity contribution is -0.695. The molecule has 1 unspecified atom stereocenters. The quantitative estimate of drug-likeness (QED) is 0.478. The summed E-state index contributed by atoms with van der Waals surface area (Å²) in [7, 11) is 0. The van der Waals surface area contributed by atoms with Crippen LogP contribution in [0.25, 0.3) is 0 Å². The van der Waals surface area contributed by atoms with E-state index in [0.717, 1.165) is 49.2 Å². The molecule has 5 aliphatic rings. The van der Waals surface area contributed by atoms with Crippen LogP contribution in [0.4, 0.5) is 4.39 Å². The Morgan fingerprint density at radius 3 is 2.65 bits per heavy atom. The molecule has 1 saturated carbocycles. The number of pyridine rings is 1. The van der Waals surface area contributed by atoms with Gasteiger partial charge in [-0.1, -0.05) is 43.1 Å². The van der Waals surface area contributed by atoms with Crippen LogP contribution in [0.1, 0.15) is 62.7 Å². The minimum absolute atomic E-state index is 0.0197. The van der Waals surface area contributed by atoms with Crippen LogP contribution in [0.15, 0.2) is 47.1 Å². The van der Waals surface area contributed by atoms with Gasteiger partial charge in [-0.05, 0) is 73.2 Å². The van der Waals surface area contributed by atoms with E-state index < -0.39 is 11.9 Å². The molecule has 1 spiro atoms. The molecule has 4 atom stereocenters. The number of quaternary nitrogens is 1. The highest BCUT2D eigenvalue weighted by atomic mass is 35.5. The van der Waals surface area contributed by atoms with Gasteiger partial charge in [0.1, 0.15) is 29.1 Å². The average molecular weight is 647 g/mol. The maximum Gasteiger partial charge on any atom is 0.263 e. The Hall–Kier alpha value is -2.37. The molecule has 4 aliphatic heterocycles. The molecule has 43 heavy (non-hydrogen) atoms. The van der Waals surface area contributed by atoms with Crippen LogP contribution in [0.2, 0.25) is 10.2 Å². The van der Waals surface area contributed by atoms with Crippen LogP contribution in [0, 0.1) is 11.7 Å². The third-order valence-corrected chi connectivity index (χ3v) is 11.3. The van der Waals surface area contributed by atoms with E-state index >= 15 is 0 Å². The van der Waals surface area contributed by atoms with E-state index in [1.54, 1.807) is 18.3 Å². The van der Waals surface area contributed by atoms with Crippen molar-refractivity contribution in [3.8, 4) is 0 Å². The number of hydrogen-bond donors (Lipinski definition) is 2. The summed E-state index contributed by atoms with van der Waals surface area (Å²) in [4.78, 5) is 39.2. The molecule has 3 saturated heterocycles. The lowest BCUT2D eigenvalue weighted by Gasteiger charge is -2.37. The standard InChI is InChI=1S/C31H35Cl2FN6O2S/c1-17(2)25-27(29(42)39-12-3-4-22(39)28(41)38-13-11-36-31(16-38)9-10-31)43-30-37-24(19-6-8-23(33)35-15-19)26(40(25)30)18-5-7-20(32)21(34)14-18/h5-8,14-15,17,22,24,26,30,36-37H,3-4,9-13,16H2,1-2H3/p+1/t22-,24-,26+,30?/m0/s1. The summed E-state index contributed by atoms with van der Waals surface area (Å²) < 4.78 is 14.8. The number of hydrogen-bond acceptors (Lipinski definition) is 6. The summed E-state index contributed by atoms with van der Waals surface area (Å²) in [6.45, 7) is 6.95. The highest BCUT2D eigenvalue weighted by Crippen LogP contribution is 2.51. The number of piperazine rings is 1. The van der Waals surface area contributed by atoms with E-state index in [1.165, 1.54) is 17.8 Å². The number of aromatic nitrogens is 1. The third kappa shape index (κ3) is 5.23. The summed E-state index contributed by atoms with van der Waals surface area (Å²) in [6.07, 6.45) is 5.47. The molecule has 228 valence electrons. The molecule has 2 aromatic rings. The number of likely N-dealkylation sites (tertiary alicyclic amines) is 1. The van der Waals surface area contributed by atoms with Crippen molar-refractivity contribution in [2.75, 3.05) is 26.2 Å². The summed E-state index contributed by atoms with van der Waals surface area (Å²) >= 11 is 13.7. The van der Waals surface area contributed by atoms with Crippen molar-refractivity contribution in [1.29, 1.82) is 0 Å². The van der Waals surface area contributed by atoms with Gasteiger partial charge in [-0.2, -0.15) is 0 Å². The first-order valence-corrected chi connectivity index (χ1v) is 16.7. The van der Waals surface area contributed by atoms with E-state index in [9.17, 15) is 14.0 Å². The van der Waals surface area contributed by atoms with Crippen molar-refractivity contribution in [3.63, 3.8) is 0 Å². The third-order valence-electron chi connectivity index (χ3n) is 9.54. The topological polar surface area (TPSA) is 85.4 Å². The molecule has 2 amide bonds. The van der Waals surface area contributed by atoms with Gasteiger partial charge < -0.3 is 25.3 Å². The lowest BCUT2D eigenvalue weighted by Crippen LogP contribution is -2.87. The van der Waals surface area contributed by atoms with Crippen LogP contribution in [-0.4, -0.2) is 74.8 Å². The second-order valence-electron chi connectivity index (χ2n) is 12.7. The van der Waals surface area contributed by atoms with E-state index in [-0.39, 0.29) is 45.9 Å². The Bertz CT molecular complexity index is 1490. The second kappa shape index (κ2) is 11.2. The molecule has 8 nitrogen and oxygen atoms in total. The monoisotopic (exact) mass is 645 g/mol. The van der Waals surface area contributed by atoms with E-state index in [4.69, 9.17) is 23.2 Å². The van der Waals surface area contributed by atoms with E-state index in [2.05, 4.69) is 34.4 Å². The van der Waals surface area contributed by atoms with Crippen LogP contribution >= 0.6 is 35.0 Å². The van der Waals surface area contributed by atoms with Gasteiger partial charge in [0.2, 0.25) is 11.4 Å². The molecular weight excluding hydrogens is 610 g/mol. The maximum absolute atomic E-state index is 14.8. The van der Waals surface area contributed by atoms with Crippen molar-refractivity contribution < 1.29 is 19.3 Å². The first kappa shape index (κ1) is 29.3. The van der Waals surface area contributed by atoms with Gasteiger partial charge in [0.15, 0.2) is 0 Å². The Kier molecular flexibility index (Phi) is 7.65. The fourth-order valence-corrected chi connectivity index (χ4v) is 9.05. The zero-order valence-corrected chi connectivity index (χ0v) is 26.6. The van der Waals surface area contributed by atoms with Crippen molar-refractivity contribution in [2.45, 2.75) is 68.7 Å². The number of nitrogens with zero attached hydrogens (tertiary/aromatic N) is 4. The number of fused-ring (bicyclic) bond motifs is 1. The first-order chi connectivity index (χ1) is 20.7. The molecule has 0 bridgehead atoms. The molecule has 7 rings (SSSR count). The highest BCUT2D eigenvalue weighted by molar-refractivity contribution is 8.04. The summed E-state index contributed by atoms with van der Waals surface area (Å²) in [5.41, 5.74) is 2.61. The molecule has 1 aliphatic carbocycles. The number of amides is 2. The summed E-state index contributed by atoms with van der Waals surface area (Å²) in [5.74, 6) is -0.459. The second-order valence-corrected chi connectivity index (χ2v) is 14.6. The summed E-state index contributed by atoms with van der Waals surface area (Å²) in [5, 5.41) is 6.27. The normalized spacial score (nSPS) is 27.9. The van der Waals surface area contributed by atoms with Gasteiger partial charge in [-0.15, -0.1) is 0 Å². The van der Waals surface area contributed by atoms with Crippen molar-refractivity contribution in [2.24, 2.45) is 5.92 Å². The Morgan fingerprint density at radius 1 is 1.16 bits per heavy atom. The smallest absolute Gasteiger partial charge is 0.263 e. The zero-order chi connectivity index (χ0) is 30.0. The molecule has 1 aromatic carbocycles. The number of carbonyl (C=O) groups excluding carboxylic acids is 2. The first-order valence-electron chi connectivity index (χ1n) is 15.1. The van der Waals surface area contributed by atoms with Gasteiger partial charge >= 0.3 is 0 Å². The molecule has 5 heterocycles. The predicted molar refractivity (Wildman–Crippen MR) is 164 cm³/mol. The molecule has 0 radical (unpaired) electrons. The van der Waals surface area contributed by atoms with Gasteiger partial charge in [0.25, 0.3) is 5.91 Å². The molecule has 3 N–H and O–H groups in total. The van der Waals surface area contributed by atoms with Gasteiger partial charge in [0.05, 0.1) is 9.93 Å². The Balaban J connectivity index is 1.22.